The maximum atomic E-state index is 15.1. The van der Waals surface area contributed by atoms with Crippen LogP contribution >= 0.6 is 0 Å². The molecule has 120 valence electrons. The third-order valence-corrected chi connectivity index (χ3v) is 3.97. The van der Waals surface area contributed by atoms with E-state index in [0.29, 0.717) is 22.2 Å². The van der Waals surface area contributed by atoms with Gasteiger partial charge in [0.05, 0.1) is 17.1 Å². The van der Waals surface area contributed by atoms with E-state index in [1.165, 1.54) is 0 Å². The summed E-state index contributed by atoms with van der Waals surface area (Å²) in [5.41, 5.74) is 1.84. The number of para-hydroxylation sites is 2. The van der Waals surface area contributed by atoms with E-state index in [4.69, 9.17) is 10.00 Å². The van der Waals surface area contributed by atoms with Crippen molar-refractivity contribution >= 4 is 10.9 Å². The largest absolute Gasteiger partial charge is 0.437 e. The molecule has 25 heavy (non-hydrogen) atoms. The number of hydrogen-bond acceptors (Lipinski definition) is 2. The van der Waals surface area contributed by atoms with E-state index in [0.717, 1.165) is 5.69 Å². The minimum absolute atomic E-state index is 0.0995. The Bertz CT molecular complexity index is 1080. The van der Waals surface area contributed by atoms with Crippen LogP contribution in [0.2, 0.25) is 0 Å². The van der Waals surface area contributed by atoms with Gasteiger partial charge in [-0.1, -0.05) is 36.4 Å². The van der Waals surface area contributed by atoms with Gasteiger partial charge in [-0.25, -0.2) is 4.39 Å². The fourth-order valence-corrected chi connectivity index (χ4v) is 2.82. The van der Waals surface area contributed by atoms with Gasteiger partial charge < -0.3 is 4.74 Å². The average molecular weight is 328 g/mol. The van der Waals surface area contributed by atoms with Crippen LogP contribution in [0.1, 0.15) is 5.56 Å². The molecule has 4 heteroatoms. The first-order valence-electron chi connectivity index (χ1n) is 7.80. The van der Waals surface area contributed by atoms with Crippen LogP contribution in [0, 0.1) is 17.1 Å². The number of nitriles is 1. The average Bonchev–Trinajstić information content (AvgIpc) is 2.95. The summed E-state index contributed by atoms with van der Waals surface area (Å²) in [6.45, 7) is 0. The third-order valence-electron chi connectivity index (χ3n) is 3.97. The molecule has 3 nitrogen and oxygen atoms in total. The minimum Gasteiger partial charge on any atom is -0.437 e. The molecule has 0 spiro atoms. The second-order valence-corrected chi connectivity index (χ2v) is 5.55. The van der Waals surface area contributed by atoms with Crippen molar-refractivity contribution in [3.05, 3.63) is 90.2 Å². The van der Waals surface area contributed by atoms with Crippen LogP contribution in [0.25, 0.3) is 16.6 Å². The van der Waals surface area contributed by atoms with E-state index in [1.807, 2.05) is 54.6 Å². The van der Waals surface area contributed by atoms with Crippen molar-refractivity contribution in [3.8, 4) is 23.4 Å². The van der Waals surface area contributed by atoms with Gasteiger partial charge in [-0.2, -0.15) is 5.26 Å². The fourth-order valence-electron chi connectivity index (χ4n) is 2.82. The van der Waals surface area contributed by atoms with Gasteiger partial charge in [-0.05, 0) is 42.5 Å². The van der Waals surface area contributed by atoms with Gasteiger partial charge >= 0.3 is 0 Å². The Morgan fingerprint density at radius 2 is 1.56 bits per heavy atom. The first-order valence-corrected chi connectivity index (χ1v) is 7.80. The van der Waals surface area contributed by atoms with Crippen LogP contribution in [0.3, 0.4) is 0 Å². The number of fused-ring (bicyclic) bond motifs is 1. The highest BCUT2D eigenvalue weighted by Gasteiger charge is 2.21. The zero-order chi connectivity index (χ0) is 17.2. The second-order valence-electron chi connectivity index (χ2n) is 5.55. The molecule has 4 rings (SSSR count). The van der Waals surface area contributed by atoms with Crippen molar-refractivity contribution in [1.82, 2.24) is 4.57 Å². The Morgan fingerprint density at radius 1 is 0.880 bits per heavy atom. The summed E-state index contributed by atoms with van der Waals surface area (Å²) >= 11 is 0. The summed E-state index contributed by atoms with van der Waals surface area (Å²) in [6, 6.07) is 25.5. The molecule has 0 atom stereocenters. The summed E-state index contributed by atoms with van der Waals surface area (Å²) < 4.78 is 22.7. The SMILES string of the molecule is N#Cc1ccc2c(c1)c(F)c(Oc1ccccc1)n2-c1ccccc1. The Balaban J connectivity index is 1.99. The van der Waals surface area contributed by atoms with Crippen molar-refractivity contribution < 1.29 is 9.13 Å². The molecule has 4 aromatic rings. The van der Waals surface area contributed by atoms with Gasteiger partial charge in [-0.3, -0.25) is 4.57 Å². The molecular weight excluding hydrogens is 315 g/mol. The Kier molecular flexibility index (Phi) is 3.68. The lowest BCUT2D eigenvalue weighted by Gasteiger charge is -2.11. The van der Waals surface area contributed by atoms with E-state index in [-0.39, 0.29) is 5.88 Å². The number of rotatable bonds is 3. The molecular formula is C21H13FN2O. The number of aromatic nitrogens is 1. The molecule has 0 radical (unpaired) electrons. The first kappa shape index (κ1) is 15.0. The highest BCUT2D eigenvalue weighted by atomic mass is 19.1. The lowest BCUT2D eigenvalue weighted by molar-refractivity contribution is 0.421. The molecule has 0 bridgehead atoms. The lowest BCUT2D eigenvalue weighted by atomic mass is 10.2. The lowest BCUT2D eigenvalue weighted by Crippen LogP contribution is -1.98. The van der Waals surface area contributed by atoms with Crippen LogP contribution < -0.4 is 4.74 Å². The van der Waals surface area contributed by atoms with Gasteiger partial charge in [0.25, 0.3) is 0 Å². The Hall–Kier alpha value is -3.58. The molecule has 0 saturated heterocycles. The van der Waals surface area contributed by atoms with Crippen LogP contribution in [0.4, 0.5) is 4.39 Å². The quantitative estimate of drug-likeness (QED) is 0.502. The molecule has 0 aliphatic rings. The molecule has 0 aliphatic carbocycles. The standard InChI is InChI=1S/C21H13FN2O/c22-20-18-13-15(14-23)11-12-19(18)24(16-7-3-1-4-8-16)21(20)25-17-9-5-2-6-10-17/h1-13H. The molecule has 0 saturated carbocycles. The number of ether oxygens (including phenoxy) is 1. The van der Waals surface area contributed by atoms with Gasteiger partial charge in [0.15, 0.2) is 5.82 Å². The maximum Gasteiger partial charge on any atom is 0.241 e. The topological polar surface area (TPSA) is 37.9 Å². The molecule has 1 aromatic heterocycles. The monoisotopic (exact) mass is 328 g/mol. The molecule has 3 aromatic carbocycles. The zero-order valence-electron chi connectivity index (χ0n) is 13.2. The van der Waals surface area contributed by atoms with Crippen molar-refractivity contribution in [2.24, 2.45) is 0 Å². The number of nitrogens with zero attached hydrogens (tertiary/aromatic N) is 2. The Morgan fingerprint density at radius 3 is 2.24 bits per heavy atom. The van der Waals surface area contributed by atoms with Gasteiger partial charge in [0.2, 0.25) is 5.88 Å². The van der Waals surface area contributed by atoms with Gasteiger partial charge in [0.1, 0.15) is 5.75 Å². The summed E-state index contributed by atoms with van der Waals surface area (Å²) in [6.07, 6.45) is 0. The van der Waals surface area contributed by atoms with Crippen LogP contribution in [-0.4, -0.2) is 4.57 Å². The van der Waals surface area contributed by atoms with Crippen molar-refractivity contribution in [3.63, 3.8) is 0 Å². The van der Waals surface area contributed by atoms with Crippen molar-refractivity contribution in [2.75, 3.05) is 0 Å². The summed E-state index contributed by atoms with van der Waals surface area (Å²) in [5, 5.41) is 9.46. The molecule has 1 heterocycles. The number of halogens is 1. The van der Waals surface area contributed by atoms with Gasteiger partial charge in [0, 0.05) is 11.1 Å². The smallest absolute Gasteiger partial charge is 0.241 e. The predicted octanol–water partition coefficient (Wildman–Crippen LogP) is 5.43. The van der Waals surface area contributed by atoms with Crippen LogP contribution in [0.5, 0.6) is 11.6 Å². The molecule has 0 fully saturated rings. The van der Waals surface area contributed by atoms with E-state index in [2.05, 4.69) is 0 Å². The number of hydrogen-bond donors (Lipinski definition) is 0. The fraction of sp³-hybridized carbons (Fsp3) is 0. The molecule has 0 amide bonds. The third kappa shape index (κ3) is 2.62. The number of benzene rings is 3. The van der Waals surface area contributed by atoms with E-state index in [1.54, 1.807) is 34.9 Å². The first-order chi connectivity index (χ1) is 12.3. The van der Waals surface area contributed by atoms with Crippen molar-refractivity contribution in [1.29, 1.82) is 5.26 Å². The predicted molar refractivity (Wildman–Crippen MR) is 94.5 cm³/mol. The van der Waals surface area contributed by atoms with E-state index < -0.39 is 5.82 Å². The molecule has 0 aliphatic heterocycles. The summed E-state index contributed by atoms with van der Waals surface area (Å²) in [7, 11) is 0. The Labute approximate surface area is 144 Å². The summed E-state index contributed by atoms with van der Waals surface area (Å²) in [5.74, 6) is 0.157. The molecule has 0 unspecified atom stereocenters. The van der Waals surface area contributed by atoms with E-state index in [9.17, 15) is 0 Å². The highest BCUT2D eigenvalue weighted by molar-refractivity contribution is 5.86. The zero-order valence-corrected chi connectivity index (χ0v) is 13.2. The van der Waals surface area contributed by atoms with Crippen LogP contribution in [0.15, 0.2) is 78.9 Å². The minimum atomic E-state index is -0.486. The molecule has 0 N–H and O–H groups in total. The maximum absolute atomic E-state index is 15.1. The second kappa shape index (κ2) is 6.14. The normalized spacial score (nSPS) is 10.6. The van der Waals surface area contributed by atoms with Crippen LogP contribution in [-0.2, 0) is 0 Å². The van der Waals surface area contributed by atoms with Crippen molar-refractivity contribution in [2.45, 2.75) is 0 Å². The van der Waals surface area contributed by atoms with E-state index >= 15 is 4.39 Å². The summed E-state index contributed by atoms with van der Waals surface area (Å²) in [4.78, 5) is 0. The van der Waals surface area contributed by atoms with Gasteiger partial charge in [-0.15, -0.1) is 0 Å². The highest BCUT2D eigenvalue weighted by Crippen LogP contribution is 2.36.